The van der Waals surface area contributed by atoms with Crippen LogP contribution in [0.1, 0.15) is 25.8 Å². The van der Waals surface area contributed by atoms with Gasteiger partial charge in [-0.05, 0) is 36.6 Å². The summed E-state index contributed by atoms with van der Waals surface area (Å²) >= 11 is 0. The largest absolute Gasteiger partial charge is 0.354 e. The Hall–Kier alpha value is -2.73. The van der Waals surface area contributed by atoms with Crippen LogP contribution in [0.15, 0.2) is 37.0 Å². The number of hydrogen-bond donors (Lipinski definition) is 2. The van der Waals surface area contributed by atoms with Crippen molar-refractivity contribution >= 4 is 22.9 Å². The standard InChI is InChI=1S/C21H26N6/c1-4-15-7-8-18(27-11-10-22-16(13-27)12-14(2)3)24-19(15)20-17-6-5-9-23-21(17)26-25-20/h4-9,14,16,22H,1,10-13H2,2-3H3,(H,23,25,26)/t16-/m0/s1. The van der Waals surface area contributed by atoms with Gasteiger partial charge >= 0.3 is 0 Å². The minimum Gasteiger partial charge on any atom is -0.354 e. The van der Waals surface area contributed by atoms with Crippen LogP contribution in [-0.2, 0) is 0 Å². The summed E-state index contributed by atoms with van der Waals surface area (Å²) in [5.41, 5.74) is 3.42. The highest BCUT2D eigenvalue weighted by Crippen LogP contribution is 2.29. The second-order valence-corrected chi connectivity index (χ2v) is 7.51. The van der Waals surface area contributed by atoms with Gasteiger partial charge in [0, 0.05) is 42.8 Å². The quantitative estimate of drug-likeness (QED) is 0.727. The molecule has 140 valence electrons. The fourth-order valence-corrected chi connectivity index (χ4v) is 3.79. The summed E-state index contributed by atoms with van der Waals surface area (Å²) < 4.78 is 0. The van der Waals surface area contributed by atoms with Gasteiger partial charge in [-0.15, -0.1) is 0 Å². The molecule has 6 nitrogen and oxygen atoms in total. The molecule has 3 aromatic rings. The van der Waals surface area contributed by atoms with Crippen molar-refractivity contribution in [1.82, 2.24) is 25.5 Å². The van der Waals surface area contributed by atoms with E-state index in [0.717, 1.165) is 53.4 Å². The molecule has 0 spiro atoms. The van der Waals surface area contributed by atoms with E-state index in [1.165, 1.54) is 6.42 Å². The lowest BCUT2D eigenvalue weighted by Gasteiger charge is -2.35. The molecule has 0 bridgehead atoms. The number of fused-ring (bicyclic) bond motifs is 1. The van der Waals surface area contributed by atoms with Crippen LogP contribution in [0.4, 0.5) is 5.82 Å². The Kier molecular flexibility index (Phi) is 4.90. The van der Waals surface area contributed by atoms with Crippen LogP contribution in [0.2, 0.25) is 0 Å². The van der Waals surface area contributed by atoms with E-state index in [1.54, 1.807) is 6.20 Å². The molecule has 0 unspecified atom stereocenters. The number of hydrogen-bond acceptors (Lipinski definition) is 5. The van der Waals surface area contributed by atoms with Gasteiger partial charge in [0.2, 0.25) is 0 Å². The topological polar surface area (TPSA) is 69.7 Å². The molecule has 1 saturated heterocycles. The van der Waals surface area contributed by atoms with E-state index in [0.29, 0.717) is 12.0 Å². The van der Waals surface area contributed by atoms with Crippen molar-refractivity contribution in [3.05, 3.63) is 42.6 Å². The number of nitrogens with zero attached hydrogens (tertiary/aromatic N) is 4. The maximum Gasteiger partial charge on any atom is 0.155 e. The van der Waals surface area contributed by atoms with Crippen LogP contribution >= 0.6 is 0 Å². The highest BCUT2D eigenvalue weighted by Gasteiger charge is 2.22. The lowest BCUT2D eigenvalue weighted by molar-refractivity contribution is 0.387. The summed E-state index contributed by atoms with van der Waals surface area (Å²) in [6.45, 7) is 11.4. The number of piperazine rings is 1. The van der Waals surface area contributed by atoms with E-state index in [2.05, 4.69) is 58.0 Å². The zero-order valence-corrected chi connectivity index (χ0v) is 15.9. The fraction of sp³-hybridized carbons (Fsp3) is 0.381. The van der Waals surface area contributed by atoms with Gasteiger partial charge in [-0.25, -0.2) is 9.97 Å². The summed E-state index contributed by atoms with van der Waals surface area (Å²) in [7, 11) is 0. The second-order valence-electron chi connectivity index (χ2n) is 7.51. The van der Waals surface area contributed by atoms with Gasteiger partial charge in [0.15, 0.2) is 5.65 Å². The monoisotopic (exact) mass is 362 g/mol. The average molecular weight is 362 g/mol. The first-order chi connectivity index (χ1) is 13.2. The van der Waals surface area contributed by atoms with Crippen LogP contribution in [-0.4, -0.2) is 45.8 Å². The number of H-pyrrole nitrogens is 1. The van der Waals surface area contributed by atoms with Gasteiger partial charge in [0.1, 0.15) is 17.2 Å². The van der Waals surface area contributed by atoms with E-state index in [9.17, 15) is 0 Å². The SMILES string of the molecule is C=Cc1ccc(N2CCN[C@@H](CC(C)C)C2)nc1-c1n[nH]c2ncccc12. The molecule has 1 aliphatic heterocycles. The molecule has 3 aromatic heterocycles. The molecule has 1 fully saturated rings. The Morgan fingerprint density at radius 3 is 3.00 bits per heavy atom. The van der Waals surface area contributed by atoms with Crippen molar-refractivity contribution in [1.29, 1.82) is 0 Å². The zero-order chi connectivity index (χ0) is 18.8. The molecular formula is C21H26N6. The molecule has 0 aliphatic carbocycles. The fourth-order valence-electron chi connectivity index (χ4n) is 3.79. The number of anilines is 1. The molecule has 0 radical (unpaired) electrons. The number of pyridine rings is 2. The number of aromatic nitrogens is 4. The maximum absolute atomic E-state index is 4.99. The molecule has 4 heterocycles. The van der Waals surface area contributed by atoms with Gasteiger partial charge < -0.3 is 10.2 Å². The smallest absolute Gasteiger partial charge is 0.155 e. The molecule has 1 aliphatic rings. The Morgan fingerprint density at radius 2 is 2.19 bits per heavy atom. The normalized spacial score (nSPS) is 17.6. The first-order valence-corrected chi connectivity index (χ1v) is 9.57. The third-order valence-corrected chi connectivity index (χ3v) is 5.03. The summed E-state index contributed by atoms with van der Waals surface area (Å²) in [6, 6.07) is 8.61. The van der Waals surface area contributed by atoms with Crippen molar-refractivity contribution in [2.45, 2.75) is 26.3 Å². The molecule has 0 saturated carbocycles. The minimum absolute atomic E-state index is 0.499. The van der Waals surface area contributed by atoms with Gasteiger partial charge in [0.25, 0.3) is 0 Å². The van der Waals surface area contributed by atoms with E-state index in [1.807, 2.05) is 18.2 Å². The van der Waals surface area contributed by atoms with Crippen molar-refractivity contribution in [2.24, 2.45) is 5.92 Å². The van der Waals surface area contributed by atoms with Gasteiger partial charge in [-0.1, -0.05) is 26.5 Å². The third-order valence-electron chi connectivity index (χ3n) is 5.03. The number of nitrogens with one attached hydrogen (secondary N) is 2. The summed E-state index contributed by atoms with van der Waals surface area (Å²) in [4.78, 5) is 11.7. The van der Waals surface area contributed by atoms with E-state index in [-0.39, 0.29) is 0 Å². The van der Waals surface area contributed by atoms with Crippen molar-refractivity contribution in [3.63, 3.8) is 0 Å². The Morgan fingerprint density at radius 1 is 1.30 bits per heavy atom. The highest BCUT2D eigenvalue weighted by atomic mass is 15.2. The Bertz CT molecular complexity index is 945. The predicted molar refractivity (Wildman–Crippen MR) is 111 cm³/mol. The number of rotatable bonds is 5. The highest BCUT2D eigenvalue weighted by molar-refractivity contribution is 5.92. The first kappa shape index (κ1) is 17.7. The molecule has 6 heteroatoms. The predicted octanol–water partition coefficient (Wildman–Crippen LogP) is 3.49. The second kappa shape index (κ2) is 7.48. The molecular weight excluding hydrogens is 336 g/mol. The average Bonchev–Trinajstić information content (AvgIpc) is 3.11. The van der Waals surface area contributed by atoms with Crippen LogP contribution in [0.5, 0.6) is 0 Å². The number of aromatic amines is 1. The Balaban J connectivity index is 1.70. The van der Waals surface area contributed by atoms with Crippen LogP contribution in [0, 0.1) is 5.92 Å². The Labute approximate surface area is 159 Å². The van der Waals surface area contributed by atoms with Crippen LogP contribution < -0.4 is 10.2 Å². The van der Waals surface area contributed by atoms with E-state index < -0.39 is 0 Å². The molecule has 4 rings (SSSR count). The first-order valence-electron chi connectivity index (χ1n) is 9.57. The molecule has 1 atom stereocenters. The lowest BCUT2D eigenvalue weighted by atomic mass is 10.0. The van der Waals surface area contributed by atoms with Gasteiger partial charge in [-0.2, -0.15) is 5.10 Å². The maximum atomic E-state index is 4.99. The van der Waals surface area contributed by atoms with Crippen LogP contribution in [0.3, 0.4) is 0 Å². The summed E-state index contributed by atoms with van der Waals surface area (Å²) in [5, 5.41) is 12.1. The molecule has 27 heavy (non-hydrogen) atoms. The van der Waals surface area contributed by atoms with Crippen molar-refractivity contribution < 1.29 is 0 Å². The third kappa shape index (κ3) is 3.57. The van der Waals surface area contributed by atoms with Gasteiger partial charge in [0.05, 0.1) is 0 Å². The van der Waals surface area contributed by atoms with Gasteiger partial charge in [-0.3, -0.25) is 5.10 Å². The minimum atomic E-state index is 0.499. The lowest BCUT2D eigenvalue weighted by Crippen LogP contribution is -2.51. The zero-order valence-electron chi connectivity index (χ0n) is 15.9. The molecule has 0 amide bonds. The molecule has 0 aromatic carbocycles. The van der Waals surface area contributed by atoms with Crippen LogP contribution in [0.25, 0.3) is 28.5 Å². The van der Waals surface area contributed by atoms with E-state index in [4.69, 9.17) is 4.98 Å². The van der Waals surface area contributed by atoms with Crippen molar-refractivity contribution in [2.75, 3.05) is 24.5 Å². The summed E-state index contributed by atoms with van der Waals surface area (Å²) in [6.07, 6.45) is 4.77. The summed E-state index contributed by atoms with van der Waals surface area (Å²) in [5.74, 6) is 1.67. The van der Waals surface area contributed by atoms with Crippen molar-refractivity contribution in [3.8, 4) is 11.4 Å². The molecule has 2 N–H and O–H groups in total. The van der Waals surface area contributed by atoms with E-state index >= 15 is 0 Å².